The summed E-state index contributed by atoms with van der Waals surface area (Å²) in [6, 6.07) is 20.7. The zero-order valence-electron chi connectivity index (χ0n) is 16.8. The topological polar surface area (TPSA) is 55.8 Å². The van der Waals surface area contributed by atoms with E-state index in [1.54, 1.807) is 55.7 Å². The molecule has 1 saturated heterocycles. The van der Waals surface area contributed by atoms with Gasteiger partial charge in [0, 0.05) is 0 Å². The normalized spacial score (nSPS) is 14.7. The van der Waals surface area contributed by atoms with Crippen molar-refractivity contribution in [1.82, 2.24) is 0 Å². The molecule has 0 aliphatic carbocycles. The molecule has 3 aromatic rings. The number of esters is 1. The predicted molar refractivity (Wildman–Crippen MR) is 131 cm³/mol. The number of benzene rings is 3. The maximum absolute atomic E-state index is 12.9. The van der Waals surface area contributed by atoms with E-state index >= 15 is 0 Å². The van der Waals surface area contributed by atoms with Gasteiger partial charge in [0.25, 0.3) is 5.91 Å². The van der Waals surface area contributed by atoms with E-state index in [2.05, 4.69) is 0 Å². The third kappa shape index (κ3) is 4.70. The molecule has 160 valence electrons. The largest absolute Gasteiger partial charge is 0.497 e. The highest BCUT2D eigenvalue weighted by atomic mass is 35.5. The number of anilines is 1. The number of carbonyl (C=O) groups is 2. The maximum atomic E-state index is 12.9. The Hall–Kier alpha value is -3.13. The lowest BCUT2D eigenvalue weighted by Gasteiger charge is -2.13. The van der Waals surface area contributed by atoms with Gasteiger partial charge in [-0.25, -0.2) is 4.79 Å². The Bertz CT molecular complexity index is 1230. The lowest BCUT2D eigenvalue weighted by Crippen LogP contribution is -2.27. The number of para-hydroxylation sites is 1. The molecule has 0 atom stereocenters. The van der Waals surface area contributed by atoms with E-state index in [1.807, 2.05) is 30.3 Å². The molecule has 4 rings (SSSR count). The van der Waals surface area contributed by atoms with Gasteiger partial charge in [-0.15, -0.1) is 0 Å². The molecule has 0 N–H and O–H groups in total. The summed E-state index contributed by atoms with van der Waals surface area (Å²) >= 11 is 12.9. The Kier molecular flexibility index (Phi) is 6.60. The van der Waals surface area contributed by atoms with E-state index in [4.69, 9.17) is 33.3 Å². The molecule has 1 aliphatic heterocycles. The Labute approximate surface area is 199 Å². The molecule has 1 heterocycles. The van der Waals surface area contributed by atoms with Gasteiger partial charge in [0.15, 0.2) is 4.32 Å². The first-order chi connectivity index (χ1) is 15.5. The second-order valence-electron chi connectivity index (χ2n) is 6.66. The Balaban J connectivity index is 1.50. The number of hydrogen-bond donors (Lipinski definition) is 0. The molecule has 0 aromatic heterocycles. The van der Waals surface area contributed by atoms with Crippen molar-refractivity contribution in [2.75, 3.05) is 12.0 Å². The van der Waals surface area contributed by atoms with Crippen molar-refractivity contribution in [3.8, 4) is 11.5 Å². The summed E-state index contributed by atoms with van der Waals surface area (Å²) in [5, 5.41) is 0.249. The highest BCUT2D eigenvalue weighted by Crippen LogP contribution is 2.36. The molecule has 0 bridgehead atoms. The van der Waals surface area contributed by atoms with Gasteiger partial charge in [0.2, 0.25) is 0 Å². The van der Waals surface area contributed by atoms with Crippen LogP contribution in [0.2, 0.25) is 5.02 Å². The Morgan fingerprint density at radius 1 is 1.06 bits per heavy atom. The van der Waals surface area contributed by atoms with Crippen LogP contribution in [0.5, 0.6) is 11.5 Å². The fourth-order valence-electron chi connectivity index (χ4n) is 2.99. The van der Waals surface area contributed by atoms with E-state index in [-0.39, 0.29) is 16.7 Å². The number of nitrogens with zero attached hydrogens (tertiary/aromatic N) is 1. The summed E-state index contributed by atoms with van der Waals surface area (Å²) in [7, 11) is 1.55. The van der Waals surface area contributed by atoms with E-state index in [0.717, 1.165) is 5.69 Å². The molecule has 5 nitrogen and oxygen atoms in total. The monoisotopic (exact) mass is 481 g/mol. The summed E-state index contributed by atoms with van der Waals surface area (Å²) < 4.78 is 11.0. The summed E-state index contributed by atoms with van der Waals surface area (Å²) in [5.74, 6) is 0.131. The number of thioether (sulfide) groups is 1. The minimum absolute atomic E-state index is 0.197. The van der Waals surface area contributed by atoms with Crippen LogP contribution in [0, 0.1) is 0 Å². The van der Waals surface area contributed by atoms with Crippen molar-refractivity contribution in [3.63, 3.8) is 0 Å². The molecular weight excluding hydrogens is 466 g/mol. The van der Waals surface area contributed by atoms with Gasteiger partial charge in [-0.05, 0) is 60.2 Å². The van der Waals surface area contributed by atoms with Crippen molar-refractivity contribution < 1.29 is 19.1 Å². The minimum Gasteiger partial charge on any atom is -0.497 e. The van der Waals surface area contributed by atoms with Crippen LogP contribution >= 0.6 is 35.6 Å². The van der Waals surface area contributed by atoms with Crippen LogP contribution in [0.25, 0.3) is 6.08 Å². The maximum Gasteiger partial charge on any atom is 0.343 e. The van der Waals surface area contributed by atoms with Crippen molar-refractivity contribution in [2.24, 2.45) is 0 Å². The molecule has 8 heteroatoms. The van der Waals surface area contributed by atoms with Gasteiger partial charge >= 0.3 is 5.97 Å². The van der Waals surface area contributed by atoms with Crippen LogP contribution in [0.1, 0.15) is 15.9 Å². The number of ether oxygens (including phenoxy) is 2. The summed E-state index contributed by atoms with van der Waals surface area (Å²) in [5.41, 5.74) is 1.78. The fraction of sp³-hybridized carbons (Fsp3) is 0.0417. The van der Waals surface area contributed by atoms with Crippen molar-refractivity contribution in [2.45, 2.75) is 0 Å². The molecule has 0 spiro atoms. The molecular formula is C24H16ClNO4S2. The molecule has 0 saturated carbocycles. The van der Waals surface area contributed by atoms with Gasteiger partial charge in [-0.3, -0.25) is 9.69 Å². The van der Waals surface area contributed by atoms with E-state index in [9.17, 15) is 9.59 Å². The van der Waals surface area contributed by atoms with Crippen LogP contribution in [0.4, 0.5) is 5.69 Å². The van der Waals surface area contributed by atoms with Crippen LogP contribution in [0.3, 0.4) is 0 Å². The Morgan fingerprint density at radius 3 is 2.44 bits per heavy atom. The van der Waals surface area contributed by atoms with Crippen molar-refractivity contribution >= 4 is 63.5 Å². The molecule has 0 unspecified atom stereocenters. The summed E-state index contributed by atoms with van der Waals surface area (Å²) in [6.07, 6.45) is 1.71. The van der Waals surface area contributed by atoms with E-state index in [0.29, 0.717) is 26.1 Å². The summed E-state index contributed by atoms with van der Waals surface area (Å²) in [4.78, 5) is 27.2. The molecule has 3 aromatic carbocycles. The van der Waals surface area contributed by atoms with Crippen molar-refractivity contribution in [1.29, 1.82) is 0 Å². The van der Waals surface area contributed by atoms with Crippen LogP contribution < -0.4 is 14.4 Å². The zero-order valence-corrected chi connectivity index (χ0v) is 19.2. The molecule has 32 heavy (non-hydrogen) atoms. The minimum atomic E-state index is -0.536. The first-order valence-electron chi connectivity index (χ1n) is 9.45. The third-order valence-corrected chi connectivity index (χ3v) is 6.19. The first kappa shape index (κ1) is 22.1. The number of thiocarbonyl (C=S) groups is 1. The van der Waals surface area contributed by atoms with Gasteiger partial charge < -0.3 is 9.47 Å². The number of amides is 1. The molecule has 1 aliphatic rings. The number of carbonyl (C=O) groups excluding carboxylic acids is 2. The highest BCUT2D eigenvalue weighted by molar-refractivity contribution is 8.27. The average molecular weight is 482 g/mol. The van der Waals surface area contributed by atoms with Gasteiger partial charge in [0.05, 0.1) is 28.3 Å². The van der Waals surface area contributed by atoms with E-state index in [1.165, 1.54) is 16.7 Å². The number of halogens is 1. The lowest BCUT2D eigenvalue weighted by molar-refractivity contribution is -0.113. The van der Waals surface area contributed by atoms with Gasteiger partial charge in [-0.2, -0.15) is 0 Å². The predicted octanol–water partition coefficient (Wildman–Crippen LogP) is 5.97. The van der Waals surface area contributed by atoms with Crippen LogP contribution in [-0.4, -0.2) is 23.3 Å². The standard InChI is InChI=1S/C24H16ClNO4S2/c1-29-18-10-8-16(9-11-18)23(28)30-20-12-7-15(13-19(20)25)14-21-22(27)26(24(31)32-21)17-5-3-2-4-6-17/h2-14H,1H3. The second-order valence-corrected chi connectivity index (χ2v) is 8.74. The smallest absolute Gasteiger partial charge is 0.343 e. The van der Waals surface area contributed by atoms with Gasteiger partial charge in [-0.1, -0.05) is 59.8 Å². The second kappa shape index (κ2) is 9.56. The third-order valence-electron chi connectivity index (χ3n) is 4.59. The molecule has 0 radical (unpaired) electrons. The van der Waals surface area contributed by atoms with Crippen LogP contribution in [0.15, 0.2) is 77.7 Å². The summed E-state index contributed by atoms with van der Waals surface area (Å²) in [6.45, 7) is 0. The number of rotatable bonds is 5. The van der Waals surface area contributed by atoms with Crippen molar-refractivity contribution in [3.05, 3.63) is 93.9 Å². The first-order valence-corrected chi connectivity index (χ1v) is 11.1. The number of hydrogen-bond acceptors (Lipinski definition) is 6. The van der Waals surface area contributed by atoms with Crippen LogP contribution in [-0.2, 0) is 4.79 Å². The average Bonchev–Trinajstić information content (AvgIpc) is 3.08. The highest BCUT2D eigenvalue weighted by Gasteiger charge is 2.33. The quantitative estimate of drug-likeness (QED) is 0.193. The van der Waals surface area contributed by atoms with E-state index < -0.39 is 5.97 Å². The fourth-order valence-corrected chi connectivity index (χ4v) is 4.52. The SMILES string of the molecule is COc1ccc(C(=O)Oc2ccc(C=C3SC(=S)N(c4ccccc4)C3=O)cc2Cl)cc1. The lowest BCUT2D eigenvalue weighted by atomic mass is 10.2. The zero-order chi connectivity index (χ0) is 22.7. The van der Waals surface area contributed by atoms with Gasteiger partial charge in [0.1, 0.15) is 11.5 Å². The number of methoxy groups -OCH3 is 1. The Morgan fingerprint density at radius 2 is 1.78 bits per heavy atom. The molecule has 1 amide bonds. The molecule has 1 fully saturated rings.